The molecule has 0 spiro atoms. The predicted molar refractivity (Wildman–Crippen MR) is 60.6 cm³/mol. The summed E-state index contributed by atoms with van der Waals surface area (Å²) in [6, 6.07) is 0. The third-order valence-electron chi connectivity index (χ3n) is 1.93. The molecule has 0 radical (unpaired) electrons. The van der Waals surface area contributed by atoms with Gasteiger partial charge >= 0.3 is 0 Å². The van der Waals surface area contributed by atoms with Gasteiger partial charge in [0.25, 0.3) is 0 Å². The lowest BCUT2D eigenvalue weighted by Gasteiger charge is -2.17. The van der Waals surface area contributed by atoms with E-state index in [1.54, 1.807) is 11.0 Å². The largest absolute Gasteiger partial charge is 0.356 e. The number of hydrogen-bond acceptors (Lipinski definition) is 4. The Bertz CT molecular complexity index is 352. The number of nitrogens with two attached hydrogens (primary N) is 1. The second-order valence-electron chi connectivity index (χ2n) is 4.60. The van der Waals surface area contributed by atoms with Crippen LogP contribution in [-0.4, -0.2) is 32.8 Å². The molecule has 6 heteroatoms. The molecule has 0 bridgehead atoms. The normalized spacial score (nSPS) is 11.5. The maximum absolute atomic E-state index is 11.4. The molecule has 0 aliphatic heterocycles. The highest BCUT2D eigenvalue weighted by Crippen LogP contribution is 2.02. The molecule has 1 rings (SSSR count). The van der Waals surface area contributed by atoms with Gasteiger partial charge < -0.3 is 11.1 Å². The van der Waals surface area contributed by atoms with Crippen LogP contribution in [0.1, 0.15) is 26.1 Å². The van der Waals surface area contributed by atoms with Crippen LogP contribution in [0.4, 0.5) is 0 Å². The first-order chi connectivity index (χ1) is 7.37. The molecule has 1 amide bonds. The monoisotopic (exact) mass is 225 g/mol. The molecule has 90 valence electrons. The van der Waals surface area contributed by atoms with Crippen LogP contribution in [0.25, 0.3) is 0 Å². The number of aromatic nitrogens is 3. The van der Waals surface area contributed by atoms with Crippen molar-refractivity contribution < 1.29 is 4.79 Å². The Morgan fingerprint density at radius 3 is 2.81 bits per heavy atom. The van der Waals surface area contributed by atoms with Crippen LogP contribution in [0.2, 0.25) is 0 Å². The van der Waals surface area contributed by atoms with Crippen LogP contribution in [-0.2, 0) is 18.3 Å². The Labute approximate surface area is 95.2 Å². The predicted octanol–water partition coefficient (Wildman–Crippen LogP) is -0.399. The molecule has 1 heterocycles. The third-order valence-corrected chi connectivity index (χ3v) is 1.93. The molecule has 3 N–H and O–H groups in total. The van der Waals surface area contributed by atoms with Crippen molar-refractivity contribution in [1.82, 2.24) is 20.1 Å². The zero-order valence-corrected chi connectivity index (χ0v) is 10.0. The minimum Gasteiger partial charge on any atom is -0.356 e. The lowest BCUT2D eigenvalue weighted by atomic mass is 10.0. The summed E-state index contributed by atoms with van der Waals surface area (Å²) in [6.07, 6.45) is 2.60. The van der Waals surface area contributed by atoms with E-state index in [9.17, 15) is 4.79 Å². The summed E-state index contributed by atoms with van der Waals surface area (Å²) >= 11 is 0. The van der Waals surface area contributed by atoms with Crippen LogP contribution in [0.15, 0.2) is 6.33 Å². The zero-order chi connectivity index (χ0) is 12.2. The van der Waals surface area contributed by atoms with Crippen LogP contribution in [0.5, 0.6) is 0 Å². The highest BCUT2D eigenvalue weighted by atomic mass is 16.1. The molecule has 0 atom stereocenters. The van der Waals surface area contributed by atoms with Crippen molar-refractivity contribution in [3.8, 4) is 0 Å². The van der Waals surface area contributed by atoms with Gasteiger partial charge in [-0.25, -0.2) is 4.98 Å². The highest BCUT2D eigenvalue weighted by Gasteiger charge is 2.15. The average Bonchev–Trinajstić information content (AvgIpc) is 2.48. The van der Waals surface area contributed by atoms with Gasteiger partial charge in [-0.2, -0.15) is 5.10 Å². The van der Waals surface area contributed by atoms with Gasteiger partial charge in [0.2, 0.25) is 5.91 Å². The van der Waals surface area contributed by atoms with E-state index in [1.807, 2.05) is 20.9 Å². The van der Waals surface area contributed by atoms with E-state index in [-0.39, 0.29) is 5.91 Å². The second kappa shape index (κ2) is 5.07. The highest BCUT2D eigenvalue weighted by molar-refractivity contribution is 5.77. The van der Waals surface area contributed by atoms with E-state index in [1.165, 1.54) is 0 Å². The number of rotatable bonds is 5. The molecule has 0 aromatic carbocycles. The van der Waals surface area contributed by atoms with Crippen LogP contribution in [0, 0.1) is 0 Å². The Balaban J connectivity index is 2.23. The molecule has 0 saturated heterocycles. The first-order valence-electron chi connectivity index (χ1n) is 5.27. The van der Waals surface area contributed by atoms with Gasteiger partial charge in [-0.1, -0.05) is 0 Å². The fourth-order valence-electron chi connectivity index (χ4n) is 1.29. The fraction of sp³-hybridized carbons (Fsp3) is 0.700. The van der Waals surface area contributed by atoms with Crippen molar-refractivity contribution in [1.29, 1.82) is 0 Å². The molecule has 6 nitrogen and oxygen atoms in total. The summed E-state index contributed by atoms with van der Waals surface area (Å²) < 4.78 is 1.64. The summed E-state index contributed by atoms with van der Waals surface area (Å²) in [5.74, 6) is 0.693. The van der Waals surface area contributed by atoms with E-state index in [4.69, 9.17) is 5.73 Å². The maximum atomic E-state index is 11.4. The summed E-state index contributed by atoms with van der Waals surface area (Å²) in [5.41, 5.74) is 5.27. The van der Waals surface area contributed by atoms with Crippen molar-refractivity contribution in [3.63, 3.8) is 0 Å². The smallest absolute Gasteiger partial charge is 0.221 e. The number of hydrogen-bond donors (Lipinski definition) is 2. The second-order valence-corrected chi connectivity index (χ2v) is 4.60. The topological polar surface area (TPSA) is 85.8 Å². The lowest BCUT2D eigenvalue weighted by molar-refractivity contribution is -0.121. The fourth-order valence-corrected chi connectivity index (χ4v) is 1.29. The van der Waals surface area contributed by atoms with E-state index in [0.29, 0.717) is 19.4 Å². The van der Waals surface area contributed by atoms with Crippen molar-refractivity contribution in [3.05, 3.63) is 12.2 Å². The van der Waals surface area contributed by atoms with Crippen LogP contribution >= 0.6 is 0 Å². The molecule has 0 aliphatic carbocycles. The van der Waals surface area contributed by atoms with E-state index in [2.05, 4.69) is 15.4 Å². The number of aryl methyl sites for hydroxylation is 1. The van der Waals surface area contributed by atoms with Crippen LogP contribution in [0.3, 0.4) is 0 Å². The quantitative estimate of drug-likeness (QED) is 0.714. The standard InChI is InChI=1S/C10H19N5O/c1-10(2,11)6-9(16)12-5-4-8-13-7-15(3)14-8/h7H,4-6,11H2,1-3H3,(H,12,16). The Kier molecular flexibility index (Phi) is 4.00. The molecule has 0 unspecified atom stereocenters. The van der Waals surface area contributed by atoms with Crippen molar-refractivity contribution in [2.75, 3.05) is 6.54 Å². The molecule has 16 heavy (non-hydrogen) atoms. The molecular weight excluding hydrogens is 206 g/mol. The van der Waals surface area contributed by atoms with Gasteiger partial charge in [-0.3, -0.25) is 9.48 Å². The van der Waals surface area contributed by atoms with Crippen molar-refractivity contribution in [2.24, 2.45) is 12.8 Å². The number of nitrogens with zero attached hydrogens (tertiary/aromatic N) is 3. The van der Waals surface area contributed by atoms with Gasteiger partial charge in [0.15, 0.2) is 5.82 Å². The Hall–Kier alpha value is -1.43. The third kappa shape index (κ3) is 4.88. The van der Waals surface area contributed by atoms with Crippen LogP contribution < -0.4 is 11.1 Å². The van der Waals surface area contributed by atoms with E-state index >= 15 is 0 Å². The average molecular weight is 225 g/mol. The molecule has 1 aromatic rings. The van der Waals surface area contributed by atoms with Gasteiger partial charge in [-0.05, 0) is 13.8 Å². The number of nitrogens with one attached hydrogen (secondary N) is 1. The molecule has 0 aliphatic rings. The lowest BCUT2D eigenvalue weighted by Crippen LogP contribution is -2.39. The summed E-state index contributed by atoms with van der Waals surface area (Å²) in [7, 11) is 1.81. The molecule has 1 aromatic heterocycles. The number of carbonyl (C=O) groups excluding carboxylic acids is 1. The van der Waals surface area contributed by atoms with E-state index < -0.39 is 5.54 Å². The van der Waals surface area contributed by atoms with Gasteiger partial charge in [0, 0.05) is 32.0 Å². The Morgan fingerprint density at radius 1 is 1.62 bits per heavy atom. The molecule has 0 saturated carbocycles. The van der Waals surface area contributed by atoms with Gasteiger partial charge in [0.05, 0.1) is 0 Å². The maximum Gasteiger partial charge on any atom is 0.221 e. The molecule has 0 fully saturated rings. The summed E-state index contributed by atoms with van der Waals surface area (Å²) in [5, 5.41) is 6.90. The summed E-state index contributed by atoms with van der Waals surface area (Å²) in [6.45, 7) is 4.19. The molecular formula is C10H19N5O. The minimum absolute atomic E-state index is 0.0385. The SMILES string of the molecule is Cn1cnc(CCNC(=O)CC(C)(C)N)n1. The van der Waals surface area contributed by atoms with Crippen molar-refractivity contribution >= 4 is 5.91 Å². The minimum atomic E-state index is -0.465. The first-order valence-corrected chi connectivity index (χ1v) is 5.27. The first kappa shape index (κ1) is 12.6. The van der Waals surface area contributed by atoms with E-state index in [0.717, 1.165) is 5.82 Å². The Morgan fingerprint density at radius 2 is 2.31 bits per heavy atom. The number of carbonyl (C=O) groups is 1. The van der Waals surface area contributed by atoms with Gasteiger partial charge in [-0.15, -0.1) is 0 Å². The zero-order valence-electron chi connectivity index (χ0n) is 10.0. The van der Waals surface area contributed by atoms with Crippen molar-refractivity contribution in [2.45, 2.75) is 32.2 Å². The number of amides is 1. The van der Waals surface area contributed by atoms with Gasteiger partial charge in [0.1, 0.15) is 6.33 Å². The summed E-state index contributed by atoms with van der Waals surface area (Å²) in [4.78, 5) is 15.5.